The number of nitrogens with zero attached hydrogens (tertiary/aromatic N) is 3. The van der Waals surface area contributed by atoms with Crippen LogP contribution >= 0.6 is 0 Å². The van der Waals surface area contributed by atoms with E-state index in [0.29, 0.717) is 36.6 Å². The molecule has 4 rings (SSSR count). The number of aryl methyl sites for hydroxylation is 1. The van der Waals surface area contributed by atoms with Crippen molar-refractivity contribution in [1.82, 2.24) is 20.2 Å². The summed E-state index contributed by atoms with van der Waals surface area (Å²) in [5.74, 6) is 0. The molecule has 120 valence electrons. The Bertz CT molecular complexity index is 843. The van der Waals surface area contributed by atoms with E-state index in [0.717, 1.165) is 24.2 Å². The van der Waals surface area contributed by atoms with Crippen LogP contribution in [0, 0.1) is 6.92 Å². The molecule has 2 N–H and O–H groups in total. The average molecular weight is 315 g/mol. The molecule has 2 aromatic heterocycles. The van der Waals surface area contributed by atoms with E-state index < -0.39 is 11.2 Å². The third-order valence-corrected chi connectivity index (χ3v) is 4.57. The number of fused-ring (bicyclic) bond motifs is 2. The number of hydrogen-bond acceptors (Lipinski definition) is 6. The summed E-state index contributed by atoms with van der Waals surface area (Å²) in [6.45, 7) is 3.35. The first-order valence-electron chi connectivity index (χ1n) is 7.66. The highest BCUT2D eigenvalue weighted by molar-refractivity contribution is 5.65. The summed E-state index contributed by atoms with van der Waals surface area (Å²) in [6, 6.07) is 2.57. The molecule has 2 bridgehead atoms. The summed E-state index contributed by atoms with van der Waals surface area (Å²) < 4.78 is 5.62. The Morgan fingerprint density at radius 1 is 1.22 bits per heavy atom. The van der Waals surface area contributed by atoms with E-state index in [1.165, 1.54) is 6.20 Å². The Morgan fingerprint density at radius 3 is 2.65 bits per heavy atom. The van der Waals surface area contributed by atoms with Gasteiger partial charge >= 0.3 is 5.69 Å². The fourth-order valence-electron chi connectivity index (χ4n) is 3.46. The van der Waals surface area contributed by atoms with Gasteiger partial charge in [0.05, 0.1) is 42.2 Å². The van der Waals surface area contributed by atoms with Gasteiger partial charge in [0.15, 0.2) is 0 Å². The summed E-state index contributed by atoms with van der Waals surface area (Å²) in [5.41, 5.74) is 1.56. The van der Waals surface area contributed by atoms with Crippen LogP contribution in [0.5, 0.6) is 0 Å². The van der Waals surface area contributed by atoms with Crippen molar-refractivity contribution in [3.05, 3.63) is 38.8 Å². The number of morpholine rings is 1. The molecule has 8 nitrogen and oxygen atoms in total. The number of anilines is 1. The van der Waals surface area contributed by atoms with Gasteiger partial charge in [-0.15, -0.1) is 5.10 Å². The second-order valence-corrected chi connectivity index (χ2v) is 6.02. The van der Waals surface area contributed by atoms with E-state index in [9.17, 15) is 9.59 Å². The highest BCUT2D eigenvalue weighted by atomic mass is 16.5. The smallest absolute Gasteiger partial charge is 0.325 e. The molecule has 2 aliphatic rings. The van der Waals surface area contributed by atoms with Gasteiger partial charge in [-0.2, -0.15) is 5.10 Å². The zero-order valence-corrected chi connectivity index (χ0v) is 12.7. The zero-order chi connectivity index (χ0) is 16.0. The molecule has 0 amide bonds. The number of aromatic amines is 2. The molecule has 0 spiro atoms. The Labute approximate surface area is 131 Å². The van der Waals surface area contributed by atoms with Gasteiger partial charge in [-0.25, -0.2) is 4.79 Å². The summed E-state index contributed by atoms with van der Waals surface area (Å²) in [7, 11) is 0. The third-order valence-electron chi connectivity index (χ3n) is 4.57. The Morgan fingerprint density at radius 2 is 1.96 bits per heavy atom. The van der Waals surface area contributed by atoms with Gasteiger partial charge in [-0.1, -0.05) is 0 Å². The van der Waals surface area contributed by atoms with Crippen LogP contribution in [0.3, 0.4) is 0 Å². The Hall–Kier alpha value is -2.48. The van der Waals surface area contributed by atoms with Gasteiger partial charge in [0.25, 0.3) is 5.56 Å². The van der Waals surface area contributed by atoms with Gasteiger partial charge < -0.3 is 14.6 Å². The van der Waals surface area contributed by atoms with Crippen LogP contribution < -0.4 is 16.1 Å². The van der Waals surface area contributed by atoms with Crippen molar-refractivity contribution in [3.63, 3.8) is 0 Å². The predicted octanol–water partition coefficient (Wildman–Crippen LogP) is 0.196. The molecular weight excluding hydrogens is 298 g/mol. The maximum atomic E-state index is 12.0. The summed E-state index contributed by atoms with van der Waals surface area (Å²) in [4.78, 5) is 30.2. The van der Waals surface area contributed by atoms with Crippen molar-refractivity contribution in [2.75, 3.05) is 18.1 Å². The van der Waals surface area contributed by atoms with Crippen LogP contribution in [0.25, 0.3) is 11.3 Å². The lowest BCUT2D eigenvalue weighted by Crippen LogP contribution is -2.46. The molecule has 0 radical (unpaired) electrons. The molecule has 2 atom stereocenters. The monoisotopic (exact) mass is 315 g/mol. The van der Waals surface area contributed by atoms with E-state index in [2.05, 4.69) is 25.1 Å². The second kappa shape index (κ2) is 5.31. The second-order valence-electron chi connectivity index (χ2n) is 6.02. The van der Waals surface area contributed by atoms with Gasteiger partial charge in [0, 0.05) is 6.20 Å². The normalized spacial score (nSPS) is 23.3. The summed E-state index contributed by atoms with van der Waals surface area (Å²) in [5, 5.41) is 8.33. The number of ether oxygens (including phenoxy) is 1. The van der Waals surface area contributed by atoms with Crippen LogP contribution in [-0.4, -0.2) is 45.5 Å². The van der Waals surface area contributed by atoms with Crippen molar-refractivity contribution in [3.8, 4) is 11.3 Å². The Balaban J connectivity index is 1.80. The van der Waals surface area contributed by atoms with E-state index in [4.69, 9.17) is 4.74 Å². The minimum Gasteiger partial charge on any atom is -0.377 e. The maximum absolute atomic E-state index is 12.0. The molecule has 23 heavy (non-hydrogen) atoms. The zero-order valence-electron chi connectivity index (χ0n) is 12.7. The molecule has 0 aromatic carbocycles. The van der Waals surface area contributed by atoms with Crippen molar-refractivity contribution in [2.24, 2.45) is 0 Å². The molecular formula is C15H17N5O3. The lowest BCUT2D eigenvalue weighted by molar-refractivity contribution is 0.0905. The van der Waals surface area contributed by atoms with Crippen LogP contribution in [0.1, 0.15) is 18.5 Å². The molecule has 2 aromatic rings. The predicted molar refractivity (Wildman–Crippen MR) is 83.6 cm³/mol. The molecule has 4 heterocycles. The standard InChI is InChI=1S/C15H17N5O3/c1-8-13(20-9-2-3-10(20)7-23-6-9)4-12(19-18-8)11-5-16-15(22)17-14(11)21/h4-5,9-10H,2-3,6-7H2,1H3,(H2,16,17,21,22). The number of nitrogens with one attached hydrogen (secondary N) is 2. The third kappa shape index (κ3) is 2.35. The highest BCUT2D eigenvalue weighted by Crippen LogP contribution is 2.35. The van der Waals surface area contributed by atoms with Crippen molar-refractivity contribution < 1.29 is 4.74 Å². The van der Waals surface area contributed by atoms with E-state index in [1.807, 2.05) is 13.0 Å². The van der Waals surface area contributed by atoms with Crippen molar-refractivity contribution in [1.29, 1.82) is 0 Å². The molecule has 2 aliphatic heterocycles. The lowest BCUT2D eigenvalue weighted by atomic mass is 10.1. The fourth-order valence-corrected chi connectivity index (χ4v) is 3.46. The first-order chi connectivity index (χ1) is 11.1. The molecule has 8 heteroatoms. The lowest BCUT2D eigenvalue weighted by Gasteiger charge is -2.37. The van der Waals surface area contributed by atoms with Crippen LogP contribution in [0.2, 0.25) is 0 Å². The number of hydrogen-bond donors (Lipinski definition) is 2. The topological polar surface area (TPSA) is 104 Å². The number of H-pyrrole nitrogens is 2. The maximum Gasteiger partial charge on any atom is 0.325 e. The summed E-state index contributed by atoms with van der Waals surface area (Å²) in [6.07, 6.45) is 3.57. The largest absolute Gasteiger partial charge is 0.377 e. The fraction of sp³-hybridized carbons (Fsp3) is 0.467. The molecule has 0 aliphatic carbocycles. The van der Waals surface area contributed by atoms with E-state index >= 15 is 0 Å². The highest BCUT2D eigenvalue weighted by Gasteiger charge is 2.38. The van der Waals surface area contributed by atoms with Gasteiger partial charge in [0.2, 0.25) is 0 Å². The minimum atomic E-state index is -0.537. The quantitative estimate of drug-likeness (QED) is 0.820. The van der Waals surface area contributed by atoms with Crippen LogP contribution in [-0.2, 0) is 4.74 Å². The first-order valence-corrected chi connectivity index (χ1v) is 7.66. The SMILES string of the molecule is Cc1nnc(-c2c[nH]c(=O)[nH]c2=O)cc1N1C2CCC1COC2. The average Bonchev–Trinajstić information content (AvgIpc) is 2.77. The summed E-state index contributed by atoms with van der Waals surface area (Å²) >= 11 is 0. The van der Waals surface area contributed by atoms with Gasteiger partial charge in [-0.05, 0) is 25.8 Å². The van der Waals surface area contributed by atoms with E-state index in [-0.39, 0.29) is 0 Å². The van der Waals surface area contributed by atoms with Crippen molar-refractivity contribution in [2.45, 2.75) is 31.8 Å². The first kappa shape index (κ1) is 14.1. The van der Waals surface area contributed by atoms with Gasteiger partial charge in [0.1, 0.15) is 5.69 Å². The van der Waals surface area contributed by atoms with Gasteiger partial charge in [-0.3, -0.25) is 9.78 Å². The van der Waals surface area contributed by atoms with Crippen molar-refractivity contribution >= 4 is 5.69 Å². The number of rotatable bonds is 2. The molecule has 2 unspecified atom stereocenters. The van der Waals surface area contributed by atoms with Crippen LogP contribution in [0.15, 0.2) is 21.9 Å². The molecule has 0 saturated carbocycles. The number of aromatic nitrogens is 4. The van der Waals surface area contributed by atoms with Crippen LogP contribution in [0.4, 0.5) is 5.69 Å². The minimum absolute atomic E-state index is 0.305. The molecule has 2 fully saturated rings. The van der Waals surface area contributed by atoms with E-state index in [1.54, 1.807) is 0 Å². The molecule has 2 saturated heterocycles. The Kier molecular flexibility index (Phi) is 3.26.